The topological polar surface area (TPSA) is 76.2 Å². The van der Waals surface area contributed by atoms with Crippen LogP contribution < -0.4 is 11.1 Å². The summed E-state index contributed by atoms with van der Waals surface area (Å²) < 4.78 is 2.15. The summed E-state index contributed by atoms with van der Waals surface area (Å²) >= 11 is 0. The summed E-state index contributed by atoms with van der Waals surface area (Å²) in [7, 11) is 1.66. The van der Waals surface area contributed by atoms with Crippen LogP contribution >= 0.6 is 0 Å². The van der Waals surface area contributed by atoms with Gasteiger partial charge in [0.05, 0.1) is 23.6 Å². The number of aromatic nitrogens is 2. The van der Waals surface area contributed by atoms with Crippen LogP contribution in [-0.2, 0) is 17.9 Å². The van der Waals surface area contributed by atoms with E-state index in [1.165, 1.54) is 0 Å². The number of fused-ring (bicyclic) bond motifs is 1. The van der Waals surface area contributed by atoms with Gasteiger partial charge in [0.2, 0.25) is 5.91 Å². The van der Waals surface area contributed by atoms with Gasteiger partial charge < -0.3 is 15.6 Å². The minimum absolute atomic E-state index is 0.0179. The van der Waals surface area contributed by atoms with E-state index in [0.717, 1.165) is 16.9 Å². The fourth-order valence-electron chi connectivity index (χ4n) is 3.31. The van der Waals surface area contributed by atoms with E-state index in [4.69, 9.17) is 10.7 Å². The van der Waals surface area contributed by atoms with Crippen LogP contribution in [0.3, 0.4) is 0 Å². The maximum Gasteiger partial charge on any atom is 0.237 e. The number of nitrogens with one attached hydrogen (secondary N) is 1. The van der Waals surface area contributed by atoms with Gasteiger partial charge in [0.1, 0.15) is 5.82 Å². The molecule has 0 saturated carbocycles. The zero-order valence-corrected chi connectivity index (χ0v) is 13.4. The second kappa shape index (κ2) is 6.52. The molecule has 0 spiro atoms. The van der Waals surface area contributed by atoms with Gasteiger partial charge in [-0.15, -0.1) is 6.58 Å². The van der Waals surface area contributed by atoms with Crippen molar-refractivity contribution in [3.63, 3.8) is 0 Å². The summed E-state index contributed by atoms with van der Waals surface area (Å²) in [6, 6.07) is 7.88. The smallest absolute Gasteiger partial charge is 0.237 e. The van der Waals surface area contributed by atoms with E-state index >= 15 is 0 Å². The number of likely N-dealkylation sites (tertiary alicyclic amines) is 1. The quantitative estimate of drug-likeness (QED) is 0.803. The molecule has 1 aliphatic rings. The summed E-state index contributed by atoms with van der Waals surface area (Å²) in [6.07, 6.45) is 2.55. The van der Waals surface area contributed by atoms with Crippen LogP contribution in [0.4, 0.5) is 0 Å². The maximum atomic E-state index is 12.1. The van der Waals surface area contributed by atoms with E-state index in [0.29, 0.717) is 26.1 Å². The Kier molecular flexibility index (Phi) is 4.45. The molecule has 3 rings (SSSR count). The molecule has 1 aromatic carbocycles. The van der Waals surface area contributed by atoms with Crippen molar-refractivity contribution in [2.45, 2.75) is 31.6 Å². The largest absolute Gasteiger partial charge is 0.358 e. The summed E-state index contributed by atoms with van der Waals surface area (Å²) in [6.45, 7) is 5.84. The summed E-state index contributed by atoms with van der Waals surface area (Å²) in [4.78, 5) is 18.9. The number of benzene rings is 1. The first-order chi connectivity index (χ1) is 11.1. The molecule has 2 aromatic rings. The lowest BCUT2D eigenvalue weighted by atomic mass is 10.1. The number of imidazole rings is 1. The molecule has 0 aliphatic carbocycles. The molecule has 3 N–H and O–H groups in total. The number of hydrogen-bond donors (Lipinski definition) is 2. The molecule has 6 nitrogen and oxygen atoms in total. The number of carbonyl (C=O) groups is 1. The Morgan fingerprint density at radius 3 is 3.04 bits per heavy atom. The standard InChI is InChI=1S/C17H23N5O/c1-3-8-22-14-7-5-4-6-13(14)20-16(22)11-21-10-12(18)9-15(21)17(23)19-2/h3-7,12,15H,1,8-11,18H2,2H3,(H,19,23)/t12-,15+/m1/s1. The summed E-state index contributed by atoms with van der Waals surface area (Å²) in [5, 5.41) is 2.73. The van der Waals surface area contributed by atoms with E-state index in [2.05, 4.69) is 27.4 Å². The molecular weight excluding hydrogens is 290 g/mol. The van der Waals surface area contributed by atoms with E-state index in [-0.39, 0.29) is 18.0 Å². The Morgan fingerprint density at radius 1 is 1.52 bits per heavy atom. The molecule has 1 aliphatic heterocycles. The van der Waals surface area contributed by atoms with Crippen molar-refractivity contribution in [1.82, 2.24) is 19.8 Å². The fourth-order valence-corrected chi connectivity index (χ4v) is 3.31. The van der Waals surface area contributed by atoms with Gasteiger partial charge in [-0.3, -0.25) is 9.69 Å². The predicted molar refractivity (Wildman–Crippen MR) is 90.8 cm³/mol. The minimum atomic E-state index is -0.188. The third-order valence-corrected chi connectivity index (χ3v) is 4.37. The Labute approximate surface area is 136 Å². The molecule has 1 saturated heterocycles. The van der Waals surface area contributed by atoms with Crippen molar-refractivity contribution in [2.75, 3.05) is 13.6 Å². The Morgan fingerprint density at radius 2 is 2.30 bits per heavy atom. The Balaban J connectivity index is 1.92. The fraction of sp³-hybridized carbons (Fsp3) is 0.412. The zero-order valence-electron chi connectivity index (χ0n) is 13.4. The predicted octanol–water partition coefficient (Wildman–Crippen LogP) is 0.870. The van der Waals surface area contributed by atoms with Crippen LogP contribution in [0.2, 0.25) is 0 Å². The molecule has 1 amide bonds. The zero-order chi connectivity index (χ0) is 16.4. The van der Waals surface area contributed by atoms with E-state index in [1.807, 2.05) is 24.3 Å². The van der Waals surface area contributed by atoms with Gasteiger partial charge in [-0.2, -0.15) is 0 Å². The van der Waals surface area contributed by atoms with Crippen LogP contribution in [0.1, 0.15) is 12.2 Å². The molecule has 2 atom stereocenters. The normalized spacial score (nSPS) is 21.7. The van der Waals surface area contributed by atoms with Gasteiger partial charge in [-0.1, -0.05) is 18.2 Å². The number of carbonyl (C=O) groups excluding carboxylic acids is 1. The molecule has 0 bridgehead atoms. The maximum absolute atomic E-state index is 12.1. The Hall–Kier alpha value is -2.18. The van der Waals surface area contributed by atoms with Crippen molar-refractivity contribution in [3.8, 4) is 0 Å². The second-order valence-corrected chi connectivity index (χ2v) is 5.97. The number of rotatable bonds is 5. The highest BCUT2D eigenvalue weighted by Crippen LogP contribution is 2.22. The molecule has 0 unspecified atom stereocenters. The average molecular weight is 313 g/mol. The number of allylic oxidation sites excluding steroid dienone is 1. The third kappa shape index (κ3) is 3.00. The number of amides is 1. The van der Waals surface area contributed by atoms with Crippen molar-refractivity contribution >= 4 is 16.9 Å². The van der Waals surface area contributed by atoms with Crippen LogP contribution in [0.15, 0.2) is 36.9 Å². The average Bonchev–Trinajstić information content (AvgIpc) is 3.08. The molecule has 1 aromatic heterocycles. The van der Waals surface area contributed by atoms with Gasteiger partial charge in [0, 0.05) is 26.2 Å². The first-order valence-corrected chi connectivity index (χ1v) is 7.90. The van der Waals surface area contributed by atoms with Crippen molar-refractivity contribution in [1.29, 1.82) is 0 Å². The van der Waals surface area contributed by atoms with Crippen molar-refractivity contribution in [2.24, 2.45) is 5.73 Å². The highest BCUT2D eigenvalue weighted by Gasteiger charge is 2.35. The minimum Gasteiger partial charge on any atom is -0.358 e. The highest BCUT2D eigenvalue weighted by molar-refractivity contribution is 5.82. The molecule has 1 fully saturated rings. The van der Waals surface area contributed by atoms with E-state index < -0.39 is 0 Å². The lowest BCUT2D eigenvalue weighted by Crippen LogP contribution is -2.41. The number of likely N-dealkylation sites (N-methyl/N-ethyl adjacent to an activating group) is 1. The highest BCUT2D eigenvalue weighted by atomic mass is 16.2. The number of para-hydroxylation sites is 2. The molecule has 2 heterocycles. The van der Waals surface area contributed by atoms with Crippen molar-refractivity contribution in [3.05, 3.63) is 42.7 Å². The van der Waals surface area contributed by atoms with Crippen molar-refractivity contribution < 1.29 is 4.79 Å². The van der Waals surface area contributed by atoms with E-state index in [9.17, 15) is 4.79 Å². The summed E-state index contributed by atoms with van der Waals surface area (Å²) in [5.41, 5.74) is 8.12. The molecular formula is C17H23N5O. The first kappa shape index (κ1) is 15.7. The molecule has 122 valence electrons. The molecule has 6 heteroatoms. The van der Waals surface area contributed by atoms with Crippen LogP contribution in [0.25, 0.3) is 11.0 Å². The Bertz CT molecular complexity index is 723. The number of nitrogens with zero attached hydrogens (tertiary/aromatic N) is 3. The second-order valence-electron chi connectivity index (χ2n) is 5.97. The molecule has 0 radical (unpaired) electrons. The number of nitrogens with two attached hydrogens (primary N) is 1. The van der Waals surface area contributed by atoms with Gasteiger partial charge in [-0.25, -0.2) is 4.98 Å². The van der Waals surface area contributed by atoms with Gasteiger partial charge in [0.15, 0.2) is 0 Å². The van der Waals surface area contributed by atoms with Crippen LogP contribution in [-0.4, -0.2) is 46.0 Å². The monoisotopic (exact) mass is 313 g/mol. The SMILES string of the molecule is C=CCn1c(CN2C[C@H](N)C[C@H]2C(=O)NC)nc2ccccc21. The first-order valence-electron chi connectivity index (χ1n) is 7.90. The lowest BCUT2D eigenvalue weighted by molar-refractivity contribution is -0.125. The number of hydrogen-bond acceptors (Lipinski definition) is 4. The third-order valence-electron chi connectivity index (χ3n) is 4.37. The van der Waals surface area contributed by atoms with Gasteiger partial charge >= 0.3 is 0 Å². The van der Waals surface area contributed by atoms with Crippen LogP contribution in [0.5, 0.6) is 0 Å². The van der Waals surface area contributed by atoms with Crippen LogP contribution in [0, 0.1) is 0 Å². The van der Waals surface area contributed by atoms with Gasteiger partial charge in [0.25, 0.3) is 0 Å². The van der Waals surface area contributed by atoms with Gasteiger partial charge in [-0.05, 0) is 18.6 Å². The molecule has 23 heavy (non-hydrogen) atoms. The lowest BCUT2D eigenvalue weighted by Gasteiger charge is -2.22. The van der Waals surface area contributed by atoms with E-state index in [1.54, 1.807) is 7.05 Å². The summed E-state index contributed by atoms with van der Waals surface area (Å²) in [5.74, 6) is 0.957.